The first kappa shape index (κ1) is 14.3. The fourth-order valence-electron chi connectivity index (χ4n) is 1.99. The van der Waals surface area contributed by atoms with Gasteiger partial charge in [-0.3, -0.25) is 0 Å². The number of nitrogens with one attached hydrogen (secondary N) is 1. The van der Waals surface area contributed by atoms with Crippen LogP contribution in [0.1, 0.15) is 18.4 Å². The van der Waals surface area contributed by atoms with Crippen molar-refractivity contribution in [2.75, 3.05) is 20.3 Å². The first-order chi connectivity index (χ1) is 8.70. The van der Waals surface area contributed by atoms with Gasteiger partial charge in [0.25, 0.3) is 0 Å². The van der Waals surface area contributed by atoms with E-state index in [-0.39, 0.29) is 6.10 Å². The predicted octanol–water partition coefficient (Wildman–Crippen LogP) is 3.49. The Bertz CT molecular complexity index is 383. The SMILES string of the molecule is CNCc1cc(Br)c(OC2CCOCC2)c(Br)c1. The maximum absolute atomic E-state index is 6.06. The summed E-state index contributed by atoms with van der Waals surface area (Å²) in [6.45, 7) is 2.42. The van der Waals surface area contributed by atoms with Crippen LogP contribution in [0.4, 0.5) is 0 Å². The van der Waals surface area contributed by atoms with Crippen molar-refractivity contribution in [1.82, 2.24) is 5.32 Å². The zero-order chi connectivity index (χ0) is 13.0. The second-order valence-electron chi connectivity index (χ2n) is 4.35. The molecular formula is C13H17Br2NO2. The molecule has 2 rings (SSSR count). The fourth-order valence-corrected chi connectivity index (χ4v) is 3.46. The summed E-state index contributed by atoms with van der Waals surface area (Å²) >= 11 is 7.16. The van der Waals surface area contributed by atoms with Crippen LogP contribution >= 0.6 is 31.9 Å². The van der Waals surface area contributed by atoms with E-state index in [1.54, 1.807) is 0 Å². The minimum Gasteiger partial charge on any atom is -0.488 e. The highest BCUT2D eigenvalue weighted by atomic mass is 79.9. The molecule has 1 N–H and O–H groups in total. The predicted molar refractivity (Wildman–Crippen MR) is 79.1 cm³/mol. The maximum atomic E-state index is 6.06. The Labute approximate surface area is 124 Å². The molecule has 1 aliphatic heterocycles. The average Bonchev–Trinajstić information content (AvgIpc) is 2.36. The van der Waals surface area contributed by atoms with E-state index in [0.29, 0.717) is 0 Å². The van der Waals surface area contributed by atoms with Gasteiger partial charge >= 0.3 is 0 Å². The molecule has 0 spiro atoms. The summed E-state index contributed by atoms with van der Waals surface area (Å²) in [6, 6.07) is 4.19. The van der Waals surface area contributed by atoms with E-state index >= 15 is 0 Å². The van der Waals surface area contributed by atoms with Crippen LogP contribution in [0.2, 0.25) is 0 Å². The topological polar surface area (TPSA) is 30.5 Å². The molecule has 1 heterocycles. The van der Waals surface area contributed by atoms with Crippen molar-refractivity contribution in [1.29, 1.82) is 0 Å². The first-order valence-corrected chi connectivity index (χ1v) is 7.66. The third-order valence-corrected chi connectivity index (χ3v) is 4.07. The molecule has 1 aliphatic rings. The molecule has 3 nitrogen and oxygen atoms in total. The summed E-state index contributed by atoms with van der Waals surface area (Å²) in [5, 5.41) is 3.14. The number of halogens is 2. The molecule has 5 heteroatoms. The molecule has 1 saturated heterocycles. The van der Waals surface area contributed by atoms with Gasteiger partial charge in [0.2, 0.25) is 0 Å². The number of benzene rings is 1. The third kappa shape index (κ3) is 3.70. The van der Waals surface area contributed by atoms with E-state index in [2.05, 4.69) is 49.3 Å². The van der Waals surface area contributed by atoms with E-state index in [1.807, 2.05) is 7.05 Å². The van der Waals surface area contributed by atoms with Crippen molar-refractivity contribution < 1.29 is 9.47 Å². The zero-order valence-electron chi connectivity index (χ0n) is 10.3. The third-order valence-electron chi connectivity index (χ3n) is 2.89. The summed E-state index contributed by atoms with van der Waals surface area (Å²) < 4.78 is 13.4. The van der Waals surface area contributed by atoms with Gasteiger partial charge in [-0.05, 0) is 56.6 Å². The summed E-state index contributed by atoms with van der Waals surface area (Å²) in [6.07, 6.45) is 2.16. The largest absolute Gasteiger partial charge is 0.488 e. The Kier molecular flexibility index (Phi) is 5.48. The average molecular weight is 379 g/mol. The van der Waals surface area contributed by atoms with E-state index in [4.69, 9.17) is 9.47 Å². The molecule has 0 atom stereocenters. The van der Waals surface area contributed by atoms with Crippen LogP contribution in [0.3, 0.4) is 0 Å². The molecule has 0 aliphatic carbocycles. The van der Waals surface area contributed by atoms with Gasteiger partial charge in [-0.25, -0.2) is 0 Å². The minimum atomic E-state index is 0.251. The van der Waals surface area contributed by atoms with Crippen molar-refractivity contribution in [3.8, 4) is 5.75 Å². The Morgan fingerprint density at radius 2 is 1.89 bits per heavy atom. The minimum absolute atomic E-state index is 0.251. The fraction of sp³-hybridized carbons (Fsp3) is 0.538. The number of ether oxygens (including phenoxy) is 2. The lowest BCUT2D eigenvalue weighted by molar-refractivity contribution is 0.0249. The second-order valence-corrected chi connectivity index (χ2v) is 6.06. The molecule has 1 fully saturated rings. The van der Waals surface area contributed by atoms with Gasteiger partial charge in [-0.2, -0.15) is 0 Å². The Morgan fingerprint density at radius 1 is 1.28 bits per heavy atom. The molecule has 1 aromatic rings. The second kappa shape index (κ2) is 6.89. The first-order valence-electron chi connectivity index (χ1n) is 6.07. The van der Waals surface area contributed by atoms with Crippen molar-refractivity contribution in [3.05, 3.63) is 26.6 Å². The van der Waals surface area contributed by atoms with E-state index < -0.39 is 0 Å². The van der Waals surface area contributed by atoms with Crippen molar-refractivity contribution in [2.45, 2.75) is 25.5 Å². The monoisotopic (exact) mass is 377 g/mol. The molecule has 0 bridgehead atoms. The van der Waals surface area contributed by atoms with Gasteiger partial charge in [0.1, 0.15) is 11.9 Å². The molecule has 0 amide bonds. The summed E-state index contributed by atoms with van der Waals surface area (Å²) in [7, 11) is 1.94. The molecule has 100 valence electrons. The zero-order valence-corrected chi connectivity index (χ0v) is 13.5. The lowest BCUT2D eigenvalue weighted by Crippen LogP contribution is -2.26. The molecule has 1 aromatic carbocycles. The Hall–Kier alpha value is -0.100. The summed E-state index contributed by atoms with van der Waals surface area (Å²) in [4.78, 5) is 0. The smallest absolute Gasteiger partial charge is 0.148 e. The highest BCUT2D eigenvalue weighted by molar-refractivity contribution is 9.11. The van der Waals surface area contributed by atoms with Gasteiger partial charge in [0.15, 0.2) is 0 Å². The maximum Gasteiger partial charge on any atom is 0.148 e. The molecule has 0 saturated carbocycles. The van der Waals surface area contributed by atoms with Gasteiger partial charge in [0.05, 0.1) is 22.2 Å². The summed E-state index contributed by atoms with van der Waals surface area (Å²) in [5.74, 6) is 0.891. The van der Waals surface area contributed by atoms with Crippen LogP contribution in [0.25, 0.3) is 0 Å². The van der Waals surface area contributed by atoms with Crippen molar-refractivity contribution in [2.24, 2.45) is 0 Å². The summed E-state index contributed by atoms with van der Waals surface area (Å²) in [5.41, 5.74) is 1.22. The van der Waals surface area contributed by atoms with E-state index in [1.165, 1.54) is 5.56 Å². The molecular weight excluding hydrogens is 362 g/mol. The van der Waals surface area contributed by atoms with E-state index in [9.17, 15) is 0 Å². The molecule has 0 radical (unpaired) electrons. The quantitative estimate of drug-likeness (QED) is 0.869. The standard InChI is InChI=1S/C13H17Br2NO2/c1-16-8-9-6-11(14)13(12(15)7-9)18-10-2-4-17-5-3-10/h6-7,10,16H,2-5,8H2,1H3. The molecule has 0 aromatic heterocycles. The van der Waals surface area contributed by atoms with Crippen LogP contribution in [-0.2, 0) is 11.3 Å². The Morgan fingerprint density at radius 3 is 2.44 bits per heavy atom. The Balaban J connectivity index is 2.11. The number of hydrogen-bond acceptors (Lipinski definition) is 3. The normalized spacial score (nSPS) is 16.8. The van der Waals surface area contributed by atoms with Crippen LogP contribution in [0.15, 0.2) is 21.1 Å². The number of rotatable bonds is 4. The van der Waals surface area contributed by atoms with Gasteiger partial charge in [-0.15, -0.1) is 0 Å². The van der Waals surface area contributed by atoms with Gasteiger partial charge in [-0.1, -0.05) is 0 Å². The number of hydrogen-bond donors (Lipinski definition) is 1. The van der Waals surface area contributed by atoms with Crippen molar-refractivity contribution in [3.63, 3.8) is 0 Å². The van der Waals surface area contributed by atoms with Crippen LogP contribution in [-0.4, -0.2) is 26.4 Å². The highest BCUT2D eigenvalue weighted by Gasteiger charge is 2.18. The molecule has 0 unspecified atom stereocenters. The van der Waals surface area contributed by atoms with Gasteiger partial charge < -0.3 is 14.8 Å². The molecule has 18 heavy (non-hydrogen) atoms. The van der Waals surface area contributed by atoms with E-state index in [0.717, 1.165) is 47.3 Å². The highest BCUT2D eigenvalue weighted by Crippen LogP contribution is 2.36. The lowest BCUT2D eigenvalue weighted by atomic mass is 10.1. The van der Waals surface area contributed by atoms with Gasteiger partial charge in [0, 0.05) is 19.4 Å². The van der Waals surface area contributed by atoms with Crippen LogP contribution < -0.4 is 10.1 Å². The lowest BCUT2D eigenvalue weighted by Gasteiger charge is -2.24. The van der Waals surface area contributed by atoms with Crippen molar-refractivity contribution >= 4 is 31.9 Å². The van der Waals surface area contributed by atoms with Crippen LogP contribution in [0.5, 0.6) is 5.75 Å². The van der Waals surface area contributed by atoms with Crippen LogP contribution in [0, 0.1) is 0 Å².